The molecule has 0 radical (unpaired) electrons. The number of amides is 3. The Morgan fingerprint density at radius 1 is 0.947 bits per heavy atom. The van der Waals surface area contributed by atoms with Gasteiger partial charge in [0.15, 0.2) is 11.6 Å². The fourth-order valence-corrected chi connectivity index (χ4v) is 5.26. The maximum atomic E-state index is 13.4. The summed E-state index contributed by atoms with van der Waals surface area (Å²) in [6.07, 6.45) is -3.55. The van der Waals surface area contributed by atoms with Crippen molar-refractivity contribution >= 4 is 35.0 Å². The molecule has 2 aromatic rings. The molecule has 2 aliphatic heterocycles. The van der Waals surface area contributed by atoms with E-state index in [2.05, 4.69) is 10.6 Å². The zero-order valence-electron chi connectivity index (χ0n) is 19.9. The minimum absolute atomic E-state index is 0.0818. The average Bonchev–Trinajstić information content (AvgIpc) is 3.20. The van der Waals surface area contributed by atoms with Gasteiger partial charge in [0.1, 0.15) is 6.04 Å². The van der Waals surface area contributed by atoms with E-state index in [0.717, 1.165) is 6.07 Å². The number of piperidine rings is 1. The van der Waals surface area contributed by atoms with Gasteiger partial charge >= 0.3 is 6.18 Å². The van der Waals surface area contributed by atoms with E-state index in [4.69, 9.17) is 0 Å². The molecule has 1 saturated carbocycles. The summed E-state index contributed by atoms with van der Waals surface area (Å²) in [7, 11) is 0. The van der Waals surface area contributed by atoms with Crippen molar-refractivity contribution in [3.05, 3.63) is 76.5 Å². The van der Waals surface area contributed by atoms with Crippen LogP contribution in [0.25, 0.3) is 0 Å². The monoisotopic (exact) mass is 525 g/mol. The second-order valence-electron chi connectivity index (χ2n) is 9.47. The maximum Gasteiger partial charge on any atom is 0.416 e. The number of alkyl halides is 3. The van der Waals surface area contributed by atoms with Gasteiger partial charge in [-0.2, -0.15) is 13.2 Å². The second kappa shape index (κ2) is 9.55. The standard InChI is InChI=1S/C27H22F3N3O5/c28-27(29,30)19-6-2-1-4-15(19)14-10-22(34)17(23(35)11-14)12-31-20-7-3-5-16-18(20)13-33(26(16)38)21-8-9-24(36)32-25(21)37/h1-7,12,14,21,31H,8-11,13H2,(H,32,36,37). The number of nitrogens with zero attached hydrogens (tertiary/aromatic N) is 1. The Bertz CT molecular complexity index is 1390. The molecule has 1 aliphatic carbocycles. The molecule has 196 valence electrons. The number of Topliss-reactive ketones (excluding diaryl/α,β-unsaturated/α-hetero) is 2. The van der Waals surface area contributed by atoms with Crippen LogP contribution >= 0.6 is 0 Å². The molecule has 11 heteroatoms. The average molecular weight is 525 g/mol. The van der Waals surface area contributed by atoms with Gasteiger partial charge in [-0.05, 0) is 36.1 Å². The van der Waals surface area contributed by atoms with Gasteiger partial charge in [-0.3, -0.25) is 29.3 Å². The molecule has 0 aromatic heterocycles. The van der Waals surface area contributed by atoms with Crippen LogP contribution in [0.2, 0.25) is 0 Å². The molecule has 2 heterocycles. The number of benzene rings is 2. The van der Waals surface area contributed by atoms with Gasteiger partial charge in [-0.25, -0.2) is 0 Å². The van der Waals surface area contributed by atoms with Gasteiger partial charge in [-0.1, -0.05) is 24.3 Å². The number of nitrogens with one attached hydrogen (secondary N) is 2. The lowest BCUT2D eigenvalue weighted by Gasteiger charge is -2.29. The van der Waals surface area contributed by atoms with E-state index in [1.165, 1.54) is 29.3 Å². The molecule has 2 fully saturated rings. The maximum absolute atomic E-state index is 13.4. The van der Waals surface area contributed by atoms with Crippen molar-refractivity contribution in [2.75, 3.05) is 5.32 Å². The summed E-state index contributed by atoms with van der Waals surface area (Å²) in [6.45, 7) is 0.0883. The number of halogens is 3. The molecule has 1 unspecified atom stereocenters. The summed E-state index contributed by atoms with van der Waals surface area (Å²) in [6, 6.07) is 9.00. The van der Waals surface area contributed by atoms with Crippen molar-refractivity contribution in [1.29, 1.82) is 0 Å². The molecule has 3 aliphatic rings. The quantitative estimate of drug-likeness (QED) is 0.359. The van der Waals surface area contributed by atoms with Crippen molar-refractivity contribution in [2.24, 2.45) is 0 Å². The summed E-state index contributed by atoms with van der Waals surface area (Å²) in [5.74, 6) is -3.35. The van der Waals surface area contributed by atoms with Crippen molar-refractivity contribution < 1.29 is 37.1 Å². The highest BCUT2D eigenvalue weighted by molar-refractivity contribution is 6.22. The minimum Gasteiger partial charge on any atom is -0.361 e. The predicted molar refractivity (Wildman–Crippen MR) is 128 cm³/mol. The molecule has 1 atom stereocenters. The molecule has 1 saturated heterocycles. The van der Waals surface area contributed by atoms with Crippen LogP contribution in [0.4, 0.5) is 18.9 Å². The molecule has 0 bridgehead atoms. The van der Waals surface area contributed by atoms with Crippen LogP contribution in [0.1, 0.15) is 58.6 Å². The molecule has 2 aromatic carbocycles. The highest BCUT2D eigenvalue weighted by Crippen LogP contribution is 2.40. The van der Waals surface area contributed by atoms with E-state index in [1.54, 1.807) is 18.2 Å². The Morgan fingerprint density at radius 2 is 1.66 bits per heavy atom. The Hall–Kier alpha value is -4.28. The number of allylic oxidation sites excluding steroid dienone is 1. The topological polar surface area (TPSA) is 113 Å². The first-order valence-electron chi connectivity index (χ1n) is 12.0. The molecule has 5 rings (SSSR count). The molecule has 3 amide bonds. The van der Waals surface area contributed by atoms with E-state index >= 15 is 0 Å². The third-order valence-electron chi connectivity index (χ3n) is 7.12. The number of hydrogen-bond donors (Lipinski definition) is 2. The summed E-state index contributed by atoms with van der Waals surface area (Å²) in [5.41, 5.74) is 0.260. The lowest BCUT2D eigenvalue weighted by Crippen LogP contribution is -2.52. The van der Waals surface area contributed by atoms with E-state index < -0.39 is 47.1 Å². The summed E-state index contributed by atoms with van der Waals surface area (Å²) >= 11 is 0. The second-order valence-corrected chi connectivity index (χ2v) is 9.47. The van der Waals surface area contributed by atoms with Gasteiger partial charge in [0.25, 0.3) is 5.91 Å². The van der Waals surface area contributed by atoms with Gasteiger partial charge < -0.3 is 10.2 Å². The minimum atomic E-state index is -4.60. The zero-order chi connectivity index (χ0) is 27.2. The van der Waals surface area contributed by atoms with Crippen molar-refractivity contribution in [2.45, 2.75) is 50.4 Å². The Labute approximate surface area is 214 Å². The zero-order valence-corrected chi connectivity index (χ0v) is 19.9. The summed E-state index contributed by atoms with van der Waals surface area (Å²) in [5, 5.41) is 5.15. The fourth-order valence-electron chi connectivity index (χ4n) is 5.26. The van der Waals surface area contributed by atoms with Crippen LogP contribution in [-0.2, 0) is 31.9 Å². The lowest BCUT2D eigenvalue weighted by atomic mass is 9.78. The largest absolute Gasteiger partial charge is 0.416 e. The van der Waals surface area contributed by atoms with Crippen molar-refractivity contribution in [3.63, 3.8) is 0 Å². The number of anilines is 1. The molecule has 8 nitrogen and oxygen atoms in total. The third-order valence-corrected chi connectivity index (χ3v) is 7.12. The Kier molecular flexibility index (Phi) is 6.38. The third kappa shape index (κ3) is 4.59. The smallest absolute Gasteiger partial charge is 0.361 e. The normalized spacial score (nSPS) is 21.9. The van der Waals surface area contributed by atoms with Crippen LogP contribution in [0.3, 0.4) is 0 Å². The molecule has 2 N–H and O–H groups in total. The number of carbonyl (C=O) groups is 5. The van der Waals surface area contributed by atoms with Gasteiger partial charge in [0.05, 0.1) is 11.1 Å². The Balaban J connectivity index is 1.34. The predicted octanol–water partition coefficient (Wildman–Crippen LogP) is 3.48. The van der Waals surface area contributed by atoms with E-state index in [0.29, 0.717) is 16.8 Å². The number of rotatable bonds is 4. The van der Waals surface area contributed by atoms with Gasteiger partial charge in [0.2, 0.25) is 11.8 Å². The summed E-state index contributed by atoms with van der Waals surface area (Å²) < 4.78 is 40.3. The number of imide groups is 1. The van der Waals surface area contributed by atoms with E-state index in [1.807, 2.05) is 0 Å². The molecular weight excluding hydrogens is 503 g/mol. The van der Waals surface area contributed by atoms with Crippen LogP contribution in [0, 0.1) is 0 Å². The number of carbonyl (C=O) groups excluding carboxylic acids is 5. The van der Waals surface area contributed by atoms with Crippen LogP contribution in [0.5, 0.6) is 0 Å². The Morgan fingerprint density at radius 3 is 2.34 bits per heavy atom. The number of hydrogen-bond acceptors (Lipinski definition) is 6. The highest BCUT2D eigenvalue weighted by atomic mass is 19.4. The fraction of sp³-hybridized carbons (Fsp3) is 0.296. The number of fused-ring (bicyclic) bond motifs is 1. The van der Waals surface area contributed by atoms with Gasteiger partial charge in [0, 0.05) is 48.8 Å². The number of ketones is 2. The molecule has 0 spiro atoms. The van der Waals surface area contributed by atoms with E-state index in [-0.39, 0.29) is 49.3 Å². The van der Waals surface area contributed by atoms with Crippen molar-refractivity contribution in [3.8, 4) is 0 Å². The van der Waals surface area contributed by atoms with Gasteiger partial charge in [-0.15, -0.1) is 0 Å². The SMILES string of the molecule is O=C1CCC(N2Cc3c(NC=C4C(=O)CC(c5ccccc5C(F)(F)F)CC4=O)cccc3C2=O)C(=O)N1. The highest BCUT2D eigenvalue weighted by Gasteiger charge is 2.41. The molecular formula is C27H22F3N3O5. The molecule has 38 heavy (non-hydrogen) atoms. The van der Waals surface area contributed by atoms with Crippen LogP contribution in [-0.4, -0.2) is 40.2 Å². The lowest BCUT2D eigenvalue weighted by molar-refractivity contribution is -0.139. The van der Waals surface area contributed by atoms with Crippen molar-refractivity contribution in [1.82, 2.24) is 10.2 Å². The van der Waals surface area contributed by atoms with Crippen LogP contribution < -0.4 is 10.6 Å². The first kappa shape index (κ1) is 25.4. The summed E-state index contributed by atoms with van der Waals surface area (Å²) in [4.78, 5) is 63.8. The van der Waals surface area contributed by atoms with E-state index in [9.17, 15) is 37.1 Å². The first-order chi connectivity index (χ1) is 18.0. The van der Waals surface area contributed by atoms with Crippen LogP contribution in [0.15, 0.2) is 54.2 Å². The first-order valence-corrected chi connectivity index (χ1v) is 12.0.